The number of unbranched alkanes of at least 4 members (excludes halogenated alkanes) is 32. The summed E-state index contributed by atoms with van der Waals surface area (Å²) in [5, 5.41) is 10.6. The van der Waals surface area contributed by atoms with Crippen LogP contribution in [0.4, 0.5) is 0 Å². The minimum Gasteiger partial charge on any atom is -0.462 e. The van der Waals surface area contributed by atoms with Gasteiger partial charge in [0.2, 0.25) is 0 Å². The van der Waals surface area contributed by atoms with E-state index in [0.29, 0.717) is 31.6 Å². The molecule has 0 aliphatic rings. The van der Waals surface area contributed by atoms with E-state index in [1.165, 1.54) is 148 Å². The molecule has 0 aliphatic carbocycles. The number of hydrogen-bond acceptors (Lipinski definition) is 15. The molecule has 0 saturated carbocycles. The van der Waals surface area contributed by atoms with E-state index in [1.54, 1.807) is 0 Å². The third-order valence-electron chi connectivity index (χ3n) is 17.0. The molecule has 0 aromatic carbocycles. The lowest BCUT2D eigenvalue weighted by Crippen LogP contribution is -2.30. The van der Waals surface area contributed by atoms with Crippen molar-refractivity contribution in [3.63, 3.8) is 0 Å². The smallest absolute Gasteiger partial charge is 0.462 e. The van der Waals surface area contributed by atoms with Crippen LogP contribution in [-0.4, -0.2) is 96.7 Å². The molecule has 534 valence electrons. The Bertz CT molecular complexity index is 1790. The van der Waals surface area contributed by atoms with Gasteiger partial charge in [-0.25, -0.2) is 9.13 Å². The van der Waals surface area contributed by atoms with E-state index < -0.39 is 97.5 Å². The quantitative estimate of drug-likeness (QED) is 0.0222. The van der Waals surface area contributed by atoms with Crippen LogP contribution in [0.2, 0.25) is 0 Å². The van der Waals surface area contributed by atoms with Crippen molar-refractivity contribution < 1.29 is 80.2 Å². The SMILES string of the molecule is CCC(C)CCCCCCCCCCCCC(=O)OC[C@H](COP(=O)(O)OC[C@@H](O)COP(=O)(O)OC[C@@H](COC(=O)CCCCCCCCC(C)C)OC(=O)CCCCCCCCC(C)CC)OC(=O)CCCCCCCCCCCCCCCCC(C)C. The minimum atomic E-state index is -4.95. The first-order valence-corrected chi connectivity index (χ1v) is 39.8. The molecule has 0 spiro atoms. The second-order valence-corrected chi connectivity index (χ2v) is 30.0. The number of phosphoric ester groups is 2. The van der Waals surface area contributed by atoms with Gasteiger partial charge in [-0.05, 0) is 49.4 Å². The van der Waals surface area contributed by atoms with Gasteiger partial charge in [-0.2, -0.15) is 0 Å². The van der Waals surface area contributed by atoms with E-state index in [1.807, 2.05) is 0 Å². The maximum Gasteiger partial charge on any atom is 0.472 e. The van der Waals surface area contributed by atoms with Gasteiger partial charge in [0.25, 0.3) is 0 Å². The van der Waals surface area contributed by atoms with E-state index in [-0.39, 0.29) is 25.7 Å². The zero-order valence-corrected chi connectivity index (χ0v) is 60.6. The van der Waals surface area contributed by atoms with Gasteiger partial charge >= 0.3 is 39.5 Å². The Morgan fingerprint density at radius 2 is 0.533 bits per heavy atom. The molecule has 0 aromatic rings. The van der Waals surface area contributed by atoms with Crippen molar-refractivity contribution in [3.05, 3.63) is 0 Å². The van der Waals surface area contributed by atoms with Gasteiger partial charge in [-0.1, -0.05) is 299 Å². The summed E-state index contributed by atoms with van der Waals surface area (Å²) >= 11 is 0. The van der Waals surface area contributed by atoms with Crippen LogP contribution in [-0.2, 0) is 65.4 Å². The highest BCUT2D eigenvalue weighted by atomic mass is 31.2. The Morgan fingerprint density at radius 1 is 0.311 bits per heavy atom. The van der Waals surface area contributed by atoms with Gasteiger partial charge in [-0.15, -0.1) is 0 Å². The van der Waals surface area contributed by atoms with Crippen LogP contribution in [0.5, 0.6) is 0 Å². The van der Waals surface area contributed by atoms with Gasteiger partial charge in [0, 0.05) is 25.7 Å². The highest BCUT2D eigenvalue weighted by molar-refractivity contribution is 7.47. The lowest BCUT2D eigenvalue weighted by Gasteiger charge is -2.21. The average molecular weight is 1330 g/mol. The van der Waals surface area contributed by atoms with Crippen LogP contribution in [0.1, 0.15) is 351 Å². The number of carbonyl (C=O) groups excluding carboxylic acids is 4. The third kappa shape index (κ3) is 62.2. The summed E-state index contributed by atoms with van der Waals surface area (Å²) in [5.74, 6) is 0.872. The molecule has 0 rings (SSSR count). The van der Waals surface area contributed by atoms with Crippen LogP contribution in [0.25, 0.3) is 0 Å². The number of rotatable bonds is 68. The highest BCUT2D eigenvalue weighted by Crippen LogP contribution is 2.45. The summed E-state index contributed by atoms with van der Waals surface area (Å²) in [6, 6.07) is 0. The maximum absolute atomic E-state index is 13.0. The molecule has 17 nitrogen and oxygen atoms in total. The Balaban J connectivity index is 5.24. The first kappa shape index (κ1) is 88.1. The molecule has 0 saturated heterocycles. The molecule has 0 amide bonds. The topological polar surface area (TPSA) is 237 Å². The fourth-order valence-electron chi connectivity index (χ4n) is 10.6. The molecule has 0 aliphatic heterocycles. The fourth-order valence-corrected chi connectivity index (χ4v) is 12.2. The number of aliphatic hydroxyl groups excluding tert-OH is 1. The van der Waals surface area contributed by atoms with E-state index in [4.69, 9.17) is 37.0 Å². The van der Waals surface area contributed by atoms with Crippen LogP contribution >= 0.6 is 15.6 Å². The number of esters is 4. The molecule has 4 unspecified atom stereocenters. The van der Waals surface area contributed by atoms with Crippen molar-refractivity contribution in [1.29, 1.82) is 0 Å². The molecule has 0 heterocycles. The lowest BCUT2D eigenvalue weighted by atomic mass is 9.99. The van der Waals surface area contributed by atoms with E-state index in [2.05, 4.69) is 55.4 Å². The molecule has 19 heteroatoms. The van der Waals surface area contributed by atoms with Crippen LogP contribution < -0.4 is 0 Å². The summed E-state index contributed by atoms with van der Waals surface area (Å²) in [4.78, 5) is 72.5. The minimum absolute atomic E-state index is 0.101. The molecule has 0 aromatic heterocycles. The van der Waals surface area contributed by atoms with Crippen LogP contribution in [0, 0.1) is 23.7 Å². The Kier molecular flexibility index (Phi) is 59.4. The summed E-state index contributed by atoms with van der Waals surface area (Å²) < 4.78 is 68.3. The van der Waals surface area contributed by atoms with Gasteiger partial charge in [0.05, 0.1) is 26.4 Å². The van der Waals surface area contributed by atoms with Gasteiger partial charge < -0.3 is 33.8 Å². The normalized spacial score (nSPS) is 14.9. The van der Waals surface area contributed by atoms with Crippen molar-refractivity contribution >= 4 is 39.5 Å². The molecule has 0 bridgehead atoms. The summed E-state index contributed by atoms with van der Waals surface area (Å²) in [6.45, 7) is 14.1. The number of hydrogen-bond donors (Lipinski definition) is 3. The number of aliphatic hydroxyl groups is 1. The van der Waals surface area contributed by atoms with E-state index in [0.717, 1.165) is 114 Å². The second kappa shape index (κ2) is 60.7. The van der Waals surface area contributed by atoms with Gasteiger partial charge in [0.15, 0.2) is 12.2 Å². The fraction of sp³-hybridized carbons (Fsp3) is 0.944. The molecule has 7 atom stereocenters. The summed E-state index contributed by atoms with van der Waals surface area (Å²) in [5.41, 5.74) is 0. The predicted molar refractivity (Wildman–Crippen MR) is 363 cm³/mol. The monoisotopic (exact) mass is 1320 g/mol. The predicted octanol–water partition coefficient (Wildman–Crippen LogP) is 20.1. The number of phosphoric acid groups is 2. The van der Waals surface area contributed by atoms with Crippen LogP contribution in [0.3, 0.4) is 0 Å². The first-order chi connectivity index (χ1) is 43.2. The van der Waals surface area contributed by atoms with Crippen molar-refractivity contribution in [2.24, 2.45) is 23.7 Å². The molecular weight excluding hydrogens is 1190 g/mol. The van der Waals surface area contributed by atoms with Crippen molar-refractivity contribution in [2.45, 2.75) is 369 Å². The third-order valence-corrected chi connectivity index (χ3v) is 18.9. The molecule has 3 N–H and O–H groups in total. The highest BCUT2D eigenvalue weighted by Gasteiger charge is 2.30. The largest absolute Gasteiger partial charge is 0.472 e. The molecule has 90 heavy (non-hydrogen) atoms. The zero-order valence-electron chi connectivity index (χ0n) is 58.8. The lowest BCUT2D eigenvalue weighted by molar-refractivity contribution is -0.161. The van der Waals surface area contributed by atoms with Gasteiger partial charge in [0.1, 0.15) is 19.3 Å². The van der Waals surface area contributed by atoms with E-state index >= 15 is 0 Å². The summed E-state index contributed by atoms with van der Waals surface area (Å²) in [6.07, 6.45) is 43.2. The van der Waals surface area contributed by atoms with Crippen molar-refractivity contribution in [2.75, 3.05) is 39.6 Å². The molecular formula is C71H138O17P2. The Hall–Kier alpha value is -1.94. The molecule has 0 fully saturated rings. The van der Waals surface area contributed by atoms with Crippen LogP contribution in [0.15, 0.2) is 0 Å². The Labute approximate surface area is 549 Å². The number of carbonyl (C=O) groups is 4. The van der Waals surface area contributed by atoms with Crippen molar-refractivity contribution in [3.8, 4) is 0 Å². The Morgan fingerprint density at radius 3 is 0.789 bits per heavy atom. The zero-order chi connectivity index (χ0) is 66.8. The second-order valence-electron chi connectivity index (χ2n) is 27.1. The van der Waals surface area contributed by atoms with Crippen molar-refractivity contribution in [1.82, 2.24) is 0 Å². The van der Waals surface area contributed by atoms with E-state index in [9.17, 15) is 43.2 Å². The maximum atomic E-state index is 13.0. The standard InChI is InChI=1S/C71H138O17P2/c1-9-63(7)49-41-33-24-20-17-18-21-25-35-43-51-68(73)81-57-66(87-70(75)53-45-37-26-22-16-14-12-11-13-15-19-23-31-39-47-61(3)4)59-85-89(77,78)83-55-65(72)56-84-90(79,80)86-60-67(58-82-69(74)52-44-36-29-27-32-40-48-62(5)6)88-71(76)54-46-38-30-28-34-42-50-64(8)10-2/h61-67,72H,9-60H2,1-8H3,(H,77,78)(H,79,80)/t63?,64?,65-,66-,67-/m1/s1. The number of ether oxygens (including phenoxy) is 4. The van der Waals surface area contributed by atoms with Gasteiger partial charge in [-0.3, -0.25) is 37.3 Å². The molecule has 0 radical (unpaired) electrons. The first-order valence-electron chi connectivity index (χ1n) is 36.8. The average Bonchev–Trinajstić information content (AvgIpc) is 3.08. The summed E-state index contributed by atoms with van der Waals surface area (Å²) in [7, 11) is -9.90.